The first-order valence-electron chi connectivity index (χ1n) is 6.52. The monoisotopic (exact) mass is 279 g/mol. The Kier molecular flexibility index (Phi) is 5.96. The number of amides is 2. The number of carbonyl (C=O) groups is 2. The number of hydrogen-bond donors (Lipinski definition) is 2. The smallest absolute Gasteiger partial charge is 0.245 e. The van der Waals surface area contributed by atoms with Gasteiger partial charge in [0.25, 0.3) is 0 Å². The van der Waals surface area contributed by atoms with Gasteiger partial charge in [-0.05, 0) is 32.4 Å². The van der Waals surface area contributed by atoms with Crippen molar-refractivity contribution in [3.63, 3.8) is 0 Å². The zero-order valence-corrected chi connectivity index (χ0v) is 12.1. The van der Waals surface area contributed by atoms with Gasteiger partial charge in [0.1, 0.15) is 11.3 Å². The number of rotatable bonds is 7. The molecule has 2 N–H and O–H groups in total. The molecule has 1 aromatic rings. The van der Waals surface area contributed by atoms with Crippen LogP contribution >= 0.6 is 0 Å². The highest BCUT2D eigenvalue weighted by Crippen LogP contribution is 2.06. The number of aromatic nitrogens is 1. The summed E-state index contributed by atoms with van der Waals surface area (Å²) in [7, 11) is 0. The van der Waals surface area contributed by atoms with Crippen molar-refractivity contribution in [1.82, 2.24) is 15.6 Å². The van der Waals surface area contributed by atoms with E-state index in [1.54, 1.807) is 32.3 Å². The van der Waals surface area contributed by atoms with Crippen LogP contribution in [0.5, 0.6) is 5.75 Å². The zero-order valence-electron chi connectivity index (χ0n) is 12.1. The topological polar surface area (TPSA) is 80.3 Å². The average molecular weight is 279 g/mol. The Morgan fingerprint density at radius 2 is 2.15 bits per heavy atom. The lowest BCUT2D eigenvalue weighted by Crippen LogP contribution is -2.54. The van der Waals surface area contributed by atoms with Crippen LogP contribution in [0, 0.1) is 0 Å². The lowest BCUT2D eigenvalue weighted by Gasteiger charge is -2.24. The second-order valence-electron chi connectivity index (χ2n) is 4.95. The first kappa shape index (κ1) is 15.9. The highest BCUT2D eigenvalue weighted by atomic mass is 16.5. The molecule has 20 heavy (non-hydrogen) atoms. The minimum atomic E-state index is -0.907. The van der Waals surface area contributed by atoms with E-state index in [0.29, 0.717) is 25.3 Å². The van der Waals surface area contributed by atoms with Crippen LogP contribution in [0.25, 0.3) is 0 Å². The van der Waals surface area contributed by atoms with Crippen molar-refractivity contribution in [3.05, 3.63) is 24.5 Å². The van der Waals surface area contributed by atoms with Crippen LogP contribution in [0.1, 0.15) is 27.2 Å². The molecule has 0 atom stereocenters. The summed E-state index contributed by atoms with van der Waals surface area (Å²) in [6, 6.07) is 3.62. The Morgan fingerprint density at radius 1 is 1.40 bits per heavy atom. The molecule has 0 fully saturated rings. The van der Waals surface area contributed by atoms with E-state index in [2.05, 4.69) is 15.6 Å². The normalized spacial score (nSPS) is 10.8. The number of hydrogen-bond acceptors (Lipinski definition) is 4. The maximum atomic E-state index is 11.9. The van der Waals surface area contributed by atoms with Crippen molar-refractivity contribution in [2.45, 2.75) is 32.7 Å². The summed E-state index contributed by atoms with van der Waals surface area (Å²) >= 11 is 0. The van der Waals surface area contributed by atoms with Gasteiger partial charge in [-0.1, -0.05) is 0 Å². The van der Waals surface area contributed by atoms with E-state index in [9.17, 15) is 9.59 Å². The second-order valence-corrected chi connectivity index (χ2v) is 4.95. The van der Waals surface area contributed by atoms with Crippen LogP contribution in [-0.4, -0.2) is 35.5 Å². The van der Waals surface area contributed by atoms with Crippen LogP contribution in [0.4, 0.5) is 0 Å². The molecule has 0 aliphatic carbocycles. The number of nitrogens with zero attached hydrogens (tertiary/aromatic N) is 1. The van der Waals surface area contributed by atoms with Gasteiger partial charge in [0.05, 0.1) is 12.8 Å². The van der Waals surface area contributed by atoms with Crippen LogP contribution in [-0.2, 0) is 9.59 Å². The first-order valence-corrected chi connectivity index (χ1v) is 6.52. The fraction of sp³-hybridized carbons (Fsp3) is 0.500. The third-order valence-corrected chi connectivity index (χ3v) is 2.57. The molecule has 0 radical (unpaired) electrons. The lowest BCUT2D eigenvalue weighted by atomic mass is 10.0. The molecular formula is C14H21N3O3. The fourth-order valence-electron chi connectivity index (χ4n) is 1.61. The Bertz CT molecular complexity index is 446. The van der Waals surface area contributed by atoms with Crippen molar-refractivity contribution in [1.29, 1.82) is 0 Å². The molecule has 0 aliphatic rings. The van der Waals surface area contributed by atoms with Crippen LogP contribution < -0.4 is 15.4 Å². The van der Waals surface area contributed by atoms with E-state index in [4.69, 9.17) is 4.74 Å². The quantitative estimate of drug-likeness (QED) is 0.726. The maximum Gasteiger partial charge on any atom is 0.245 e. The van der Waals surface area contributed by atoms with Crippen LogP contribution in [0.3, 0.4) is 0 Å². The molecule has 0 aromatic carbocycles. The maximum absolute atomic E-state index is 11.9. The summed E-state index contributed by atoms with van der Waals surface area (Å²) in [4.78, 5) is 26.8. The first-order chi connectivity index (χ1) is 9.42. The third kappa shape index (κ3) is 5.69. The molecule has 2 amide bonds. The van der Waals surface area contributed by atoms with Gasteiger partial charge in [-0.15, -0.1) is 0 Å². The molecule has 110 valence electrons. The SMILES string of the molecule is CC(=O)NC(C)(C)C(=O)NCCCOc1cccnc1. The predicted octanol–water partition coefficient (Wildman–Crippen LogP) is 0.881. The van der Waals surface area contributed by atoms with Gasteiger partial charge in [0, 0.05) is 19.7 Å². The highest BCUT2D eigenvalue weighted by molar-refractivity contribution is 5.89. The second kappa shape index (κ2) is 7.47. The summed E-state index contributed by atoms with van der Waals surface area (Å²) in [5.74, 6) is 0.261. The number of ether oxygens (including phenoxy) is 1. The molecular weight excluding hydrogens is 258 g/mol. The molecule has 1 aromatic heterocycles. The van der Waals surface area contributed by atoms with Crippen LogP contribution in [0.15, 0.2) is 24.5 Å². The number of pyridine rings is 1. The molecule has 0 spiro atoms. The summed E-state index contributed by atoms with van der Waals surface area (Å²) in [6.07, 6.45) is 3.99. The molecule has 1 rings (SSSR count). The van der Waals surface area contributed by atoms with Gasteiger partial charge in [-0.25, -0.2) is 0 Å². The molecule has 0 unspecified atom stereocenters. The van der Waals surface area contributed by atoms with E-state index in [0.717, 1.165) is 0 Å². The predicted molar refractivity (Wildman–Crippen MR) is 75.3 cm³/mol. The standard InChI is InChI=1S/C14H21N3O3/c1-11(18)17-14(2,3)13(19)16-8-5-9-20-12-6-4-7-15-10-12/h4,6-7,10H,5,8-9H2,1-3H3,(H,16,19)(H,17,18). The molecule has 0 saturated carbocycles. The van der Waals surface area contributed by atoms with E-state index >= 15 is 0 Å². The molecule has 6 heteroatoms. The van der Waals surface area contributed by atoms with Crippen molar-refractivity contribution in [2.75, 3.05) is 13.2 Å². The Morgan fingerprint density at radius 3 is 2.75 bits per heavy atom. The number of carbonyl (C=O) groups excluding carboxylic acids is 2. The van der Waals surface area contributed by atoms with Gasteiger partial charge in [0.15, 0.2) is 0 Å². The Balaban J connectivity index is 2.21. The molecule has 6 nitrogen and oxygen atoms in total. The third-order valence-electron chi connectivity index (χ3n) is 2.57. The molecule has 0 bridgehead atoms. The largest absolute Gasteiger partial charge is 0.492 e. The van der Waals surface area contributed by atoms with Gasteiger partial charge >= 0.3 is 0 Å². The van der Waals surface area contributed by atoms with E-state index in [-0.39, 0.29) is 11.8 Å². The minimum absolute atomic E-state index is 0.214. The molecule has 0 saturated heterocycles. The van der Waals surface area contributed by atoms with Crippen LogP contribution in [0.2, 0.25) is 0 Å². The van der Waals surface area contributed by atoms with Crippen molar-refractivity contribution in [3.8, 4) is 5.75 Å². The van der Waals surface area contributed by atoms with E-state index < -0.39 is 5.54 Å². The summed E-state index contributed by atoms with van der Waals surface area (Å²) in [5.41, 5.74) is -0.907. The molecule has 0 aliphatic heterocycles. The Hall–Kier alpha value is -2.11. The summed E-state index contributed by atoms with van der Waals surface area (Å²) < 4.78 is 5.45. The van der Waals surface area contributed by atoms with Crippen molar-refractivity contribution < 1.29 is 14.3 Å². The lowest BCUT2D eigenvalue weighted by molar-refractivity contribution is -0.131. The molecule has 1 heterocycles. The van der Waals surface area contributed by atoms with Gasteiger partial charge < -0.3 is 15.4 Å². The van der Waals surface area contributed by atoms with Gasteiger partial charge in [-0.2, -0.15) is 0 Å². The number of nitrogens with one attached hydrogen (secondary N) is 2. The van der Waals surface area contributed by atoms with Gasteiger partial charge in [-0.3, -0.25) is 14.6 Å². The van der Waals surface area contributed by atoms with E-state index in [1.165, 1.54) is 6.92 Å². The van der Waals surface area contributed by atoms with Crippen molar-refractivity contribution in [2.24, 2.45) is 0 Å². The minimum Gasteiger partial charge on any atom is -0.492 e. The average Bonchev–Trinajstić information content (AvgIpc) is 2.37. The summed E-state index contributed by atoms with van der Waals surface area (Å²) in [6.45, 7) is 5.69. The zero-order chi connectivity index (χ0) is 15.0. The Labute approximate surface area is 118 Å². The van der Waals surface area contributed by atoms with E-state index in [1.807, 2.05) is 6.07 Å². The van der Waals surface area contributed by atoms with Gasteiger partial charge in [0.2, 0.25) is 11.8 Å². The van der Waals surface area contributed by atoms with Crippen molar-refractivity contribution >= 4 is 11.8 Å². The highest BCUT2D eigenvalue weighted by Gasteiger charge is 2.27. The summed E-state index contributed by atoms with van der Waals surface area (Å²) in [5, 5.41) is 5.36. The fourth-order valence-corrected chi connectivity index (χ4v) is 1.61.